The summed E-state index contributed by atoms with van der Waals surface area (Å²) < 4.78 is 12.2. The maximum atomic E-state index is 11.7. The first-order valence-electron chi connectivity index (χ1n) is 6.09. The number of aromatic amines is 1. The van der Waals surface area contributed by atoms with Crippen molar-refractivity contribution in [1.82, 2.24) is 19.6 Å². The molecule has 0 unspecified atom stereocenters. The molecular formula is C12H8N4O5. The zero-order valence-electron chi connectivity index (χ0n) is 10.5. The molecule has 4 rings (SSSR count). The van der Waals surface area contributed by atoms with E-state index in [4.69, 9.17) is 14.6 Å². The molecule has 3 aromatic rings. The third kappa shape index (κ3) is 1.64. The molecule has 0 saturated heterocycles. The lowest BCUT2D eigenvalue weighted by atomic mass is 10.2. The Morgan fingerprint density at radius 1 is 1.24 bits per heavy atom. The summed E-state index contributed by atoms with van der Waals surface area (Å²) in [5.74, 6) is -0.224. The van der Waals surface area contributed by atoms with Gasteiger partial charge in [0.2, 0.25) is 5.69 Å². The van der Waals surface area contributed by atoms with Gasteiger partial charge in [-0.25, -0.2) is 14.3 Å². The zero-order valence-corrected chi connectivity index (χ0v) is 10.5. The Kier molecular flexibility index (Phi) is 2.20. The van der Waals surface area contributed by atoms with Crippen molar-refractivity contribution in [2.45, 2.75) is 0 Å². The number of imidazole rings is 1. The van der Waals surface area contributed by atoms with E-state index in [9.17, 15) is 9.59 Å². The second kappa shape index (κ2) is 3.95. The minimum Gasteiger partial charge on any atom is -0.486 e. The van der Waals surface area contributed by atoms with E-state index in [1.54, 1.807) is 12.1 Å². The van der Waals surface area contributed by atoms with Gasteiger partial charge >= 0.3 is 5.97 Å². The van der Waals surface area contributed by atoms with Crippen LogP contribution in [0.25, 0.3) is 16.8 Å². The first-order chi connectivity index (χ1) is 10.1. The first kappa shape index (κ1) is 11.7. The summed E-state index contributed by atoms with van der Waals surface area (Å²) in [6.07, 6.45) is 0. The Balaban J connectivity index is 2.07. The second-order valence-electron chi connectivity index (χ2n) is 4.44. The number of hydrogen-bond acceptors (Lipinski definition) is 6. The van der Waals surface area contributed by atoms with Gasteiger partial charge in [-0.05, 0) is 0 Å². The summed E-state index contributed by atoms with van der Waals surface area (Å²) in [4.78, 5) is 30.6. The van der Waals surface area contributed by atoms with Crippen molar-refractivity contribution in [2.75, 3.05) is 13.2 Å². The first-order valence-corrected chi connectivity index (χ1v) is 6.09. The molecule has 1 aromatic carbocycles. The fourth-order valence-electron chi connectivity index (χ4n) is 2.24. The van der Waals surface area contributed by atoms with Crippen LogP contribution < -0.4 is 15.0 Å². The second-order valence-corrected chi connectivity index (χ2v) is 4.44. The van der Waals surface area contributed by atoms with Gasteiger partial charge in [0.25, 0.3) is 11.3 Å². The molecule has 0 bridgehead atoms. The molecule has 21 heavy (non-hydrogen) atoms. The van der Waals surface area contributed by atoms with Crippen LogP contribution in [-0.2, 0) is 0 Å². The third-order valence-corrected chi connectivity index (χ3v) is 3.14. The lowest BCUT2D eigenvalue weighted by molar-refractivity contribution is 0.0688. The van der Waals surface area contributed by atoms with Gasteiger partial charge in [0, 0.05) is 12.1 Å². The minimum absolute atomic E-state index is 0.0874. The quantitative estimate of drug-likeness (QED) is 0.648. The largest absolute Gasteiger partial charge is 0.486 e. The minimum atomic E-state index is -1.41. The molecule has 0 fully saturated rings. The Bertz CT molecular complexity index is 958. The summed E-state index contributed by atoms with van der Waals surface area (Å²) in [7, 11) is 0. The molecule has 0 spiro atoms. The Morgan fingerprint density at radius 3 is 2.67 bits per heavy atom. The molecule has 0 amide bonds. The number of fused-ring (bicyclic) bond motifs is 4. The van der Waals surface area contributed by atoms with Crippen LogP contribution >= 0.6 is 0 Å². The van der Waals surface area contributed by atoms with Gasteiger partial charge in [-0.1, -0.05) is 0 Å². The summed E-state index contributed by atoms with van der Waals surface area (Å²) >= 11 is 0. The highest BCUT2D eigenvalue weighted by Crippen LogP contribution is 2.34. The van der Waals surface area contributed by atoms with Crippen LogP contribution in [0.15, 0.2) is 16.9 Å². The van der Waals surface area contributed by atoms with Crippen LogP contribution in [-0.4, -0.2) is 43.9 Å². The topological polar surface area (TPSA) is 119 Å². The van der Waals surface area contributed by atoms with E-state index in [-0.39, 0.29) is 5.78 Å². The van der Waals surface area contributed by atoms with Crippen molar-refractivity contribution in [1.29, 1.82) is 0 Å². The number of rotatable bonds is 1. The van der Waals surface area contributed by atoms with Gasteiger partial charge in [-0.3, -0.25) is 9.89 Å². The number of aromatic nitrogens is 4. The molecule has 2 N–H and O–H groups in total. The number of carbonyl (C=O) groups is 1. The highest BCUT2D eigenvalue weighted by atomic mass is 16.6. The molecule has 9 heteroatoms. The standard InChI is InChI=1S/C12H8N4O5/c17-10-9(11(18)19)14-12-13-5-3-7-8(21-2-1-20-7)4-6(5)16(12)15-10/h3-4H,1-2H2,(H,15,17)(H,18,19). The molecule has 0 saturated carbocycles. The Morgan fingerprint density at radius 2 is 1.95 bits per heavy atom. The van der Waals surface area contributed by atoms with Crippen molar-refractivity contribution < 1.29 is 19.4 Å². The Labute approximate surface area is 115 Å². The van der Waals surface area contributed by atoms with Gasteiger partial charge in [0.05, 0.1) is 11.0 Å². The van der Waals surface area contributed by atoms with E-state index in [1.807, 2.05) is 0 Å². The maximum Gasteiger partial charge on any atom is 0.360 e. The number of hydrogen-bond donors (Lipinski definition) is 2. The van der Waals surface area contributed by atoms with Crippen molar-refractivity contribution in [3.63, 3.8) is 0 Å². The van der Waals surface area contributed by atoms with Crippen LogP contribution in [0, 0.1) is 0 Å². The number of nitrogens with zero attached hydrogens (tertiary/aromatic N) is 3. The van der Waals surface area contributed by atoms with E-state index >= 15 is 0 Å². The van der Waals surface area contributed by atoms with Gasteiger partial charge in [0.1, 0.15) is 13.2 Å². The summed E-state index contributed by atoms with van der Waals surface area (Å²) in [6.45, 7) is 0.886. The van der Waals surface area contributed by atoms with Gasteiger partial charge < -0.3 is 14.6 Å². The molecule has 1 aliphatic rings. The molecule has 0 radical (unpaired) electrons. The summed E-state index contributed by atoms with van der Waals surface area (Å²) in [6, 6.07) is 3.33. The van der Waals surface area contributed by atoms with Crippen molar-refractivity contribution >= 4 is 22.8 Å². The molecule has 0 atom stereocenters. The normalized spacial score (nSPS) is 13.7. The Hall–Kier alpha value is -3.10. The highest BCUT2D eigenvalue weighted by Gasteiger charge is 2.19. The number of aromatic carboxylic acids is 1. The van der Waals surface area contributed by atoms with E-state index < -0.39 is 17.2 Å². The van der Waals surface area contributed by atoms with Gasteiger partial charge in [-0.2, -0.15) is 4.98 Å². The molecule has 2 aromatic heterocycles. The van der Waals surface area contributed by atoms with Crippen LogP contribution in [0.2, 0.25) is 0 Å². The lowest BCUT2D eigenvalue weighted by Crippen LogP contribution is -2.22. The third-order valence-electron chi connectivity index (χ3n) is 3.14. The van der Waals surface area contributed by atoms with Crippen LogP contribution in [0.3, 0.4) is 0 Å². The molecule has 1 aliphatic heterocycles. The number of H-pyrrole nitrogens is 1. The number of nitrogens with one attached hydrogen (secondary N) is 1. The monoisotopic (exact) mass is 288 g/mol. The number of carboxylic acid groups (broad SMARTS) is 1. The van der Waals surface area contributed by atoms with Crippen LogP contribution in [0.4, 0.5) is 0 Å². The molecule has 0 aliphatic carbocycles. The fraction of sp³-hybridized carbons (Fsp3) is 0.167. The average Bonchev–Trinajstić information content (AvgIpc) is 2.80. The highest BCUT2D eigenvalue weighted by molar-refractivity contribution is 5.87. The molecular weight excluding hydrogens is 280 g/mol. The van der Waals surface area contributed by atoms with Crippen molar-refractivity contribution in [3.05, 3.63) is 28.2 Å². The fourth-order valence-corrected chi connectivity index (χ4v) is 2.24. The van der Waals surface area contributed by atoms with E-state index in [2.05, 4.69) is 15.1 Å². The van der Waals surface area contributed by atoms with E-state index in [1.165, 1.54) is 4.52 Å². The van der Waals surface area contributed by atoms with Crippen molar-refractivity contribution in [2.24, 2.45) is 0 Å². The lowest BCUT2D eigenvalue weighted by Gasteiger charge is -2.17. The zero-order chi connectivity index (χ0) is 14.6. The predicted molar refractivity (Wildman–Crippen MR) is 69.1 cm³/mol. The molecule has 9 nitrogen and oxygen atoms in total. The average molecular weight is 288 g/mol. The number of ether oxygens (including phenoxy) is 2. The molecule has 3 heterocycles. The summed E-state index contributed by atoms with van der Waals surface area (Å²) in [5.41, 5.74) is -0.333. The van der Waals surface area contributed by atoms with Crippen molar-refractivity contribution in [3.8, 4) is 11.5 Å². The SMILES string of the molecule is O=C(O)c1nc2nc3cc4c(cc3n2[nH]c1=O)OCCO4. The number of carboxylic acids is 1. The molecule has 106 valence electrons. The van der Waals surface area contributed by atoms with Gasteiger partial charge in [-0.15, -0.1) is 0 Å². The van der Waals surface area contributed by atoms with E-state index in [0.29, 0.717) is 35.7 Å². The van der Waals surface area contributed by atoms with Crippen LogP contribution in [0.5, 0.6) is 11.5 Å². The number of benzene rings is 1. The van der Waals surface area contributed by atoms with E-state index in [0.717, 1.165) is 0 Å². The van der Waals surface area contributed by atoms with Crippen LogP contribution in [0.1, 0.15) is 10.5 Å². The smallest absolute Gasteiger partial charge is 0.360 e. The van der Waals surface area contributed by atoms with Gasteiger partial charge in [0.15, 0.2) is 11.5 Å². The summed E-state index contributed by atoms with van der Waals surface area (Å²) in [5, 5.41) is 11.3. The predicted octanol–water partition coefficient (Wildman–Crippen LogP) is 0.0402. The maximum absolute atomic E-state index is 11.7.